The monoisotopic (exact) mass is 293 g/mol. The van der Waals surface area contributed by atoms with E-state index in [9.17, 15) is 0 Å². The van der Waals surface area contributed by atoms with Gasteiger partial charge >= 0.3 is 0 Å². The molecule has 0 amide bonds. The summed E-state index contributed by atoms with van der Waals surface area (Å²) < 4.78 is 16.2. The van der Waals surface area contributed by atoms with Crippen molar-refractivity contribution in [3.8, 4) is 0 Å². The van der Waals surface area contributed by atoms with Crippen molar-refractivity contribution in [2.24, 2.45) is 0 Å². The summed E-state index contributed by atoms with van der Waals surface area (Å²) in [4.78, 5) is 1.96. The van der Waals surface area contributed by atoms with Gasteiger partial charge in [-0.05, 0) is 6.42 Å². The first kappa shape index (κ1) is 19.8. The topological polar surface area (TPSA) is 71.4 Å². The van der Waals surface area contributed by atoms with Crippen molar-refractivity contribution < 1.29 is 24.4 Å². The molecule has 0 atom stereocenters. The molecule has 0 bridgehead atoms. The first-order chi connectivity index (χ1) is 9.85. The lowest BCUT2D eigenvalue weighted by Crippen LogP contribution is -2.33. The van der Waals surface area contributed by atoms with Crippen LogP contribution in [-0.4, -0.2) is 87.6 Å². The minimum Gasteiger partial charge on any atom is -0.395 e. The largest absolute Gasteiger partial charge is 0.395 e. The lowest BCUT2D eigenvalue weighted by atomic mass is 10.4. The molecule has 0 aromatic heterocycles. The van der Waals surface area contributed by atoms with Crippen molar-refractivity contribution in [3.63, 3.8) is 0 Å². The molecule has 0 unspecified atom stereocenters. The predicted molar refractivity (Wildman–Crippen MR) is 78.0 cm³/mol. The number of aliphatic hydroxyl groups excluding tert-OH is 2. The van der Waals surface area contributed by atoms with Crippen molar-refractivity contribution in [1.29, 1.82) is 0 Å². The second kappa shape index (κ2) is 16.8. The first-order valence-electron chi connectivity index (χ1n) is 7.52. The zero-order valence-electron chi connectivity index (χ0n) is 12.8. The second-order valence-electron chi connectivity index (χ2n) is 4.48. The van der Waals surface area contributed by atoms with E-state index >= 15 is 0 Å². The van der Waals surface area contributed by atoms with Crippen LogP contribution in [0, 0.1) is 0 Å². The highest BCUT2D eigenvalue weighted by Crippen LogP contribution is 1.89. The van der Waals surface area contributed by atoms with Gasteiger partial charge in [-0.25, -0.2) is 0 Å². The fourth-order valence-electron chi connectivity index (χ4n) is 1.60. The van der Waals surface area contributed by atoms with Crippen molar-refractivity contribution in [3.05, 3.63) is 0 Å². The van der Waals surface area contributed by atoms with Gasteiger partial charge in [0.15, 0.2) is 0 Å². The van der Waals surface area contributed by atoms with E-state index in [1.807, 2.05) is 4.90 Å². The number of aliphatic hydroxyl groups is 2. The lowest BCUT2D eigenvalue weighted by molar-refractivity contribution is 0.00881. The minimum absolute atomic E-state index is 0.0984. The molecule has 0 aliphatic heterocycles. The summed E-state index contributed by atoms with van der Waals surface area (Å²) in [5.41, 5.74) is 0. The molecule has 0 fully saturated rings. The summed E-state index contributed by atoms with van der Waals surface area (Å²) in [5.74, 6) is 0. The van der Waals surface area contributed by atoms with Crippen LogP contribution in [0.5, 0.6) is 0 Å². The van der Waals surface area contributed by atoms with Crippen LogP contribution in [0.25, 0.3) is 0 Å². The van der Waals surface area contributed by atoms with E-state index in [-0.39, 0.29) is 13.2 Å². The molecule has 122 valence electrons. The summed E-state index contributed by atoms with van der Waals surface area (Å²) in [5, 5.41) is 17.7. The number of rotatable bonds is 16. The highest BCUT2D eigenvalue weighted by Gasteiger charge is 2.02. The highest BCUT2D eigenvalue weighted by molar-refractivity contribution is 4.55. The fraction of sp³-hybridized carbons (Fsp3) is 1.00. The van der Waals surface area contributed by atoms with Gasteiger partial charge in [0, 0.05) is 26.2 Å². The van der Waals surface area contributed by atoms with Crippen molar-refractivity contribution in [2.45, 2.75) is 19.8 Å². The Morgan fingerprint density at radius 3 is 1.70 bits per heavy atom. The van der Waals surface area contributed by atoms with E-state index in [0.29, 0.717) is 52.7 Å². The van der Waals surface area contributed by atoms with Crippen LogP contribution in [0.3, 0.4) is 0 Å². The fourth-order valence-corrected chi connectivity index (χ4v) is 1.60. The molecule has 0 spiro atoms. The normalized spacial score (nSPS) is 11.4. The van der Waals surface area contributed by atoms with E-state index in [0.717, 1.165) is 19.4 Å². The van der Waals surface area contributed by atoms with Gasteiger partial charge in [-0.1, -0.05) is 13.3 Å². The third-order valence-electron chi connectivity index (χ3n) is 2.77. The van der Waals surface area contributed by atoms with Crippen molar-refractivity contribution >= 4 is 0 Å². The van der Waals surface area contributed by atoms with Crippen LogP contribution < -0.4 is 0 Å². The maximum Gasteiger partial charge on any atom is 0.0701 e. The molecule has 20 heavy (non-hydrogen) atoms. The van der Waals surface area contributed by atoms with Gasteiger partial charge in [-0.2, -0.15) is 0 Å². The predicted octanol–water partition coefficient (Wildman–Crippen LogP) is 0.123. The van der Waals surface area contributed by atoms with Crippen LogP contribution in [0.4, 0.5) is 0 Å². The van der Waals surface area contributed by atoms with Gasteiger partial charge in [-0.15, -0.1) is 0 Å². The molecular weight excluding hydrogens is 262 g/mol. The summed E-state index contributed by atoms with van der Waals surface area (Å²) in [7, 11) is 0. The smallest absolute Gasteiger partial charge is 0.0701 e. The quantitative estimate of drug-likeness (QED) is 0.394. The van der Waals surface area contributed by atoms with E-state index < -0.39 is 0 Å². The number of hydrogen-bond donors (Lipinski definition) is 2. The van der Waals surface area contributed by atoms with Gasteiger partial charge in [0.25, 0.3) is 0 Å². The van der Waals surface area contributed by atoms with Crippen LogP contribution in [0.15, 0.2) is 0 Å². The molecule has 0 aliphatic carbocycles. The van der Waals surface area contributed by atoms with E-state index in [4.69, 9.17) is 24.4 Å². The molecule has 0 radical (unpaired) electrons. The van der Waals surface area contributed by atoms with Gasteiger partial charge in [-0.3, -0.25) is 4.90 Å². The number of unbranched alkanes of at least 4 members (excludes halogenated alkanes) is 1. The standard InChI is InChI=1S/C14H31NO5/c1-2-3-9-18-11-13-20-14-12-19-10-6-15(4-7-16)5-8-17/h16-17H,2-14H2,1H3. The molecule has 2 N–H and O–H groups in total. The molecule has 0 heterocycles. The summed E-state index contributed by atoms with van der Waals surface area (Å²) in [6.45, 7) is 7.93. The highest BCUT2D eigenvalue weighted by atomic mass is 16.5. The Bertz CT molecular complexity index is 177. The van der Waals surface area contributed by atoms with E-state index in [2.05, 4.69) is 6.92 Å². The maximum atomic E-state index is 8.84. The molecule has 0 saturated carbocycles. The molecule has 0 saturated heterocycles. The molecule has 0 aliphatic rings. The summed E-state index contributed by atoms with van der Waals surface area (Å²) in [6.07, 6.45) is 2.25. The first-order valence-corrected chi connectivity index (χ1v) is 7.52. The summed E-state index contributed by atoms with van der Waals surface area (Å²) >= 11 is 0. The Morgan fingerprint density at radius 1 is 0.700 bits per heavy atom. The van der Waals surface area contributed by atoms with Crippen LogP contribution >= 0.6 is 0 Å². The Morgan fingerprint density at radius 2 is 1.20 bits per heavy atom. The Labute approximate surface area is 122 Å². The third kappa shape index (κ3) is 14.2. The Hall–Kier alpha value is -0.240. The molecular formula is C14H31NO5. The lowest BCUT2D eigenvalue weighted by Gasteiger charge is -2.19. The van der Waals surface area contributed by atoms with Crippen LogP contribution in [-0.2, 0) is 14.2 Å². The second-order valence-corrected chi connectivity index (χ2v) is 4.48. The minimum atomic E-state index is 0.0984. The van der Waals surface area contributed by atoms with E-state index in [1.54, 1.807) is 0 Å². The SMILES string of the molecule is CCCCOCCOCCOCCN(CCO)CCO. The van der Waals surface area contributed by atoms with Crippen molar-refractivity contribution in [2.75, 3.05) is 72.5 Å². The third-order valence-corrected chi connectivity index (χ3v) is 2.77. The Balaban J connectivity index is 3.18. The number of hydrogen-bond acceptors (Lipinski definition) is 6. The molecule has 0 aromatic carbocycles. The average molecular weight is 293 g/mol. The van der Waals surface area contributed by atoms with Gasteiger partial charge in [0.2, 0.25) is 0 Å². The average Bonchev–Trinajstić information content (AvgIpc) is 2.45. The maximum absolute atomic E-state index is 8.84. The molecule has 6 heteroatoms. The van der Waals surface area contributed by atoms with Gasteiger partial charge in [0.05, 0.1) is 46.2 Å². The number of nitrogens with zero attached hydrogens (tertiary/aromatic N) is 1. The zero-order valence-corrected chi connectivity index (χ0v) is 12.8. The van der Waals surface area contributed by atoms with Crippen LogP contribution in [0.1, 0.15) is 19.8 Å². The van der Waals surface area contributed by atoms with Gasteiger partial charge in [0.1, 0.15) is 0 Å². The zero-order chi connectivity index (χ0) is 14.9. The van der Waals surface area contributed by atoms with Crippen LogP contribution in [0.2, 0.25) is 0 Å². The Kier molecular flexibility index (Phi) is 16.6. The molecule has 0 rings (SSSR count). The van der Waals surface area contributed by atoms with E-state index in [1.165, 1.54) is 0 Å². The number of ether oxygens (including phenoxy) is 3. The molecule has 0 aromatic rings. The van der Waals surface area contributed by atoms with Crippen molar-refractivity contribution in [1.82, 2.24) is 4.90 Å². The summed E-state index contributed by atoms with van der Waals surface area (Å²) in [6, 6.07) is 0. The molecule has 6 nitrogen and oxygen atoms in total. The van der Waals surface area contributed by atoms with Gasteiger partial charge < -0.3 is 24.4 Å².